The molecule has 0 amide bonds. The maximum atomic E-state index is 6.58. The summed E-state index contributed by atoms with van der Waals surface area (Å²) in [6.07, 6.45) is 13.7. The fourth-order valence-electron chi connectivity index (χ4n) is 6.63. The number of rotatable bonds is 11. The molecule has 204 valence electrons. The van der Waals surface area contributed by atoms with Crippen molar-refractivity contribution in [3.05, 3.63) is 35.4 Å². The van der Waals surface area contributed by atoms with Crippen LogP contribution in [-0.4, -0.2) is 44.5 Å². The van der Waals surface area contributed by atoms with Crippen LogP contribution in [0.25, 0.3) is 0 Å². The van der Waals surface area contributed by atoms with Gasteiger partial charge in [0.15, 0.2) is 0 Å². The van der Waals surface area contributed by atoms with Crippen molar-refractivity contribution >= 4 is 0 Å². The summed E-state index contributed by atoms with van der Waals surface area (Å²) in [5.41, 5.74) is 2.81. The average molecular weight is 499 g/mol. The quantitative estimate of drug-likeness (QED) is 0.345. The van der Waals surface area contributed by atoms with E-state index in [0.717, 1.165) is 32.2 Å². The van der Waals surface area contributed by atoms with E-state index in [4.69, 9.17) is 9.47 Å². The largest absolute Gasteiger partial charge is 0.376 e. The van der Waals surface area contributed by atoms with Gasteiger partial charge in [-0.25, -0.2) is 0 Å². The Bertz CT molecular complexity index is 729. The number of hydrogen-bond acceptors (Lipinski definition) is 4. The van der Waals surface area contributed by atoms with E-state index in [1.54, 1.807) is 0 Å². The van der Waals surface area contributed by atoms with E-state index in [9.17, 15) is 0 Å². The molecule has 4 heteroatoms. The lowest BCUT2D eigenvalue weighted by Crippen LogP contribution is -2.50. The van der Waals surface area contributed by atoms with Crippen LogP contribution < -0.4 is 10.6 Å². The monoisotopic (exact) mass is 498 g/mol. The zero-order valence-electron chi connectivity index (χ0n) is 23.6. The maximum absolute atomic E-state index is 6.58. The summed E-state index contributed by atoms with van der Waals surface area (Å²) in [6.45, 7) is 12.9. The van der Waals surface area contributed by atoms with E-state index in [2.05, 4.69) is 62.6 Å². The van der Waals surface area contributed by atoms with Gasteiger partial charge in [0, 0.05) is 31.8 Å². The minimum absolute atomic E-state index is 0.157. The molecule has 0 aromatic heterocycles. The second kappa shape index (κ2) is 14.3. The summed E-state index contributed by atoms with van der Waals surface area (Å²) >= 11 is 0. The highest BCUT2D eigenvalue weighted by molar-refractivity contribution is 5.28. The molecule has 4 rings (SSSR count). The van der Waals surface area contributed by atoms with Gasteiger partial charge in [-0.15, -0.1) is 0 Å². The second-order valence-corrected chi connectivity index (χ2v) is 12.7. The molecule has 2 N–H and O–H groups in total. The van der Waals surface area contributed by atoms with Crippen LogP contribution in [0.4, 0.5) is 0 Å². The summed E-state index contributed by atoms with van der Waals surface area (Å²) in [6, 6.07) is 10.4. The summed E-state index contributed by atoms with van der Waals surface area (Å²) in [4.78, 5) is 0. The first-order chi connectivity index (χ1) is 17.5. The van der Waals surface area contributed by atoms with E-state index in [0.29, 0.717) is 35.9 Å². The van der Waals surface area contributed by atoms with E-state index in [-0.39, 0.29) is 6.10 Å². The van der Waals surface area contributed by atoms with Crippen molar-refractivity contribution < 1.29 is 9.47 Å². The molecule has 3 aliphatic rings. The third kappa shape index (κ3) is 8.03. The molecule has 0 spiro atoms. The van der Waals surface area contributed by atoms with Crippen LogP contribution in [0.15, 0.2) is 24.3 Å². The molecule has 5 unspecified atom stereocenters. The first-order valence-corrected chi connectivity index (χ1v) is 15.3. The Balaban J connectivity index is 1.36. The summed E-state index contributed by atoms with van der Waals surface area (Å²) in [7, 11) is 0. The Hall–Kier alpha value is -0.940. The minimum Gasteiger partial charge on any atom is -0.376 e. The molecule has 4 nitrogen and oxygen atoms in total. The van der Waals surface area contributed by atoms with Crippen molar-refractivity contribution in [2.75, 3.05) is 26.3 Å². The summed E-state index contributed by atoms with van der Waals surface area (Å²) < 4.78 is 13.0. The van der Waals surface area contributed by atoms with Crippen LogP contribution in [0, 0.1) is 17.8 Å². The normalized spacial score (nSPS) is 27.9. The lowest BCUT2D eigenvalue weighted by molar-refractivity contribution is -0.0400. The molecule has 2 saturated heterocycles. The molecule has 1 saturated carbocycles. The Morgan fingerprint density at radius 1 is 0.722 bits per heavy atom. The van der Waals surface area contributed by atoms with Crippen molar-refractivity contribution in [1.29, 1.82) is 0 Å². The van der Waals surface area contributed by atoms with Crippen molar-refractivity contribution in [2.45, 2.75) is 122 Å². The number of hydrogen-bond donors (Lipinski definition) is 2. The van der Waals surface area contributed by atoms with E-state index in [1.165, 1.54) is 75.3 Å². The van der Waals surface area contributed by atoms with Gasteiger partial charge in [-0.2, -0.15) is 0 Å². The highest BCUT2D eigenvalue weighted by atomic mass is 16.5. The second-order valence-electron chi connectivity index (χ2n) is 12.7. The standard InChI is InChI=1S/C32H54N2O2/c1-23(2)21-35-31(26-10-6-5-7-11-26)30-18-17-28(20-34-30)25-13-15-27(16-14-25)32(36-22-24(3)4)29-12-8-9-19-33-29/h13-16,23-24,26,28-34H,5-12,17-22H2,1-4H3. The fraction of sp³-hybridized carbons (Fsp3) is 0.812. The zero-order chi connectivity index (χ0) is 25.3. The van der Waals surface area contributed by atoms with Crippen LogP contribution in [0.3, 0.4) is 0 Å². The Kier molecular flexibility index (Phi) is 11.1. The zero-order valence-corrected chi connectivity index (χ0v) is 23.6. The summed E-state index contributed by atoms with van der Waals surface area (Å²) in [5.74, 6) is 2.49. The lowest BCUT2D eigenvalue weighted by atomic mass is 9.78. The van der Waals surface area contributed by atoms with Crippen LogP contribution in [0.2, 0.25) is 0 Å². The Morgan fingerprint density at radius 2 is 1.42 bits per heavy atom. The van der Waals surface area contributed by atoms with Crippen LogP contribution in [0.1, 0.15) is 115 Å². The molecule has 36 heavy (non-hydrogen) atoms. The van der Waals surface area contributed by atoms with Crippen LogP contribution in [0.5, 0.6) is 0 Å². The molecule has 5 atom stereocenters. The number of piperidine rings is 2. The molecule has 0 bridgehead atoms. The Labute approximate surface area is 221 Å². The highest BCUT2D eigenvalue weighted by Gasteiger charge is 2.34. The van der Waals surface area contributed by atoms with Gasteiger partial charge in [-0.05, 0) is 79.9 Å². The topological polar surface area (TPSA) is 42.5 Å². The van der Waals surface area contributed by atoms with Gasteiger partial charge in [0.1, 0.15) is 0 Å². The van der Waals surface area contributed by atoms with Crippen LogP contribution in [-0.2, 0) is 9.47 Å². The minimum atomic E-state index is 0.157. The van der Waals surface area contributed by atoms with E-state index in [1.807, 2.05) is 0 Å². The van der Waals surface area contributed by atoms with Gasteiger partial charge in [-0.1, -0.05) is 77.6 Å². The molecule has 1 aromatic rings. The molecule has 2 heterocycles. The molecular weight excluding hydrogens is 444 g/mol. The molecule has 1 aliphatic carbocycles. The van der Waals surface area contributed by atoms with Crippen molar-refractivity contribution in [1.82, 2.24) is 10.6 Å². The highest BCUT2D eigenvalue weighted by Crippen LogP contribution is 2.35. The van der Waals surface area contributed by atoms with Crippen molar-refractivity contribution in [3.8, 4) is 0 Å². The number of benzene rings is 1. The van der Waals surface area contributed by atoms with Crippen molar-refractivity contribution in [2.24, 2.45) is 17.8 Å². The van der Waals surface area contributed by atoms with E-state index < -0.39 is 0 Å². The predicted octanol–water partition coefficient (Wildman–Crippen LogP) is 7.00. The van der Waals surface area contributed by atoms with Crippen LogP contribution >= 0.6 is 0 Å². The molecule has 1 aromatic carbocycles. The van der Waals surface area contributed by atoms with Gasteiger partial charge >= 0.3 is 0 Å². The predicted molar refractivity (Wildman–Crippen MR) is 151 cm³/mol. The Morgan fingerprint density at radius 3 is 2.03 bits per heavy atom. The third-order valence-corrected chi connectivity index (χ3v) is 8.65. The number of ether oxygens (including phenoxy) is 2. The van der Waals surface area contributed by atoms with Gasteiger partial charge in [0.05, 0.1) is 12.2 Å². The molecule has 3 fully saturated rings. The van der Waals surface area contributed by atoms with Crippen molar-refractivity contribution in [3.63, 3.8) is 0 Å². The van der Waals surface area contributed by atoms with Gasteiger partial charge in [-0.3, -0.25) is 0 Å². The maximum Gasteiger partial charge on any atom is 0.0977 e. The lowest BCUT2D eigenvalue weighted by Gasteiger charge is -2.40. The van der Waals surface area contributed by atoms with E-state index >= 15 is 0 Å². The van der Waals surface area contributed by atoms with Gasteiger partial charge < -0.3 is 20.1 Å². The fourth-order valence-corrected chi connectivity index (χ4v) is 6.63. The number of nitrogens with one attached hydrogen (secondary N) is 2. The summed E-state index contributed by atoms with van der Waals surface area (Å²) in [5, 5.41) is 7.68. The van der Waals surface area contributed by atoms with Gasteiger partial charge in [0.2, 0.25) is 0 Å². The smallest absolute Gasteiger partial charge is 0.0977 e. The average Bonchev–Trinajstić information content (AvgIpc) is 2.91. The first-order valence-electron chi connectivity index (χ1n) is 15.3. The molecular formula is C32H54N2O2. The first kappa shape index (κ1) is 28.1. The molecule has 0 radical (unpaired) electrons. The molecule has 2 aliphatic heterocycles. The third-order valence-electron chi connectivity index (χ3n) is 8.65. The van der Waals surface area contributed by atoms with Gasteiger partial charge in [0.25, 0.3) is 0 Å². The SMILES string of the molecule is CC(C)COC(c1ccc(C2CCC(C(OCC(C)C)C3CCCCC3)NC2)cc1)C1CCCCN1.